The van der Waals surface area contributed by atoms with Crippen molar-refractivity contribution < 1.29 is 107 Å². The molecule has 2 heterocycles. The maximum Gasteiger partial charge on any atom is 0.404 e. The second-order valence-corrected chi connectivity index (χ2v) is 27.4. The zero-order valence-electron chi connectivity index (χ0n) is 55.9. The zero-order valence-corrected chi connectivity index (χ0v) is 55.9. The van der Waals surface area contributed by atoms with Crippen LogP contribution in [0.15, 0.2) is 0 Å². The molecule has 2 saturated heterocycles. The Labute approximate surface area is 546 Å². The molecule has 0 amide bonds. The van der Waals surface area contributed by atoms with E-state index in [4.69, 9.17) is 18.9 Å². The van der Waals surface area contributed by atoms with Crippen LogP contribution in [0.25, 0.3) is 0 Å². The van der Waals surface area contributed by atoms with Crippen LogP contribution in [0.3, 0.4) is 0 Å². The van der Waals surface area contributed by atoms with Crippen molar-refractivity contribution >= 4 is 0 Å². The second kappa shape index (κ2) is 48.6. The number of rotatable bonds is 54. The number of aliphatic hydroxyl groups excluding tert-OH is 12. The molecule has 0 spiro atoms. The second-order valence-electron chi connectivity index (χ2n) is 27.4. The number of hydrogen-bond acceptors (Lipinski definition) is 18. The highest BCUT2D eigenvalue weighted by Gasteiger charge is 2.50. The van der Waals surface area contributed by atoms with Gasteiger partial charge in [-0.15, -0.1) is 0 Å². The monoisotopic (exact) mass is 1340 g/mol. The fourth-order valence-electron chi connectivity index (χ4n) is 13.5. The normalized spacial score (nSPS) is 27.8. The van der Waals surface area contributed by atoms with Crippen molar-refractivity contribution in [1.29, 1.82) is 0 Å². The molecule has 0 aromatic heterocycles. The quantitative estimate of drug-likeness (QED) is 0.0199. The molecule has 18 nitrogen and oxygen atoms in total. The molecule has 1 aliphatic carbocycles. The first kappa shape index (κ1) is 85.1. The first-order chi connectivity index (χ1) is 44.0. The van der Waals surface area contributed by atoms with Crippen LogP contribution in [0.5, 0.6) is 0 Å². The van der Waals surface area contributed by atoms with Gasteiger partial charge < -0.3 is 80.2 Å². The van der Waals surface area contributed by atoms with Gasteiger partial charge in [-0.3, -0.25) is 10.6 Å². The minimum absolute atomic E-state index is 0.126. The van der Waals surface area contributed by atoms with Gasteiger partial charge in [0.2, 0.25) is 0 Å². The van der Waals surface area contributed by atoms with Gasteiger partial charge in [-0.25, -0.2) is 0 Å². The van der Waals surface area contributed by atoms with Crippen molar-refractivity contribution in [1.82, 2.24) is 10.6 Å². The van der Waals surface area contributed by atoms with E-state index in [-0.39, 0.29) is 44.4 Å². The molecular formula is C68H128F6N2O16. The maximum absolute atomic E-state index is 15.1. The van der Waals surface area contributed by atoms with E-state index in [2.05, 4.69) is 24.5 Å². The highest BCUT2D eigenvalue weighted by atomic mass is 19.4. The Morgan fingerprint density at radius 1 is 0.402 bits per heavy atom. The lowest BCUT2D eigenvalue weighted by atomic mass is 9.76. The molecule has 3 fully saturated rings. The van der Waals surface area contributed by atoms with Gasteiger partial charge in [0.25, 0.3) is 0 Å². The highest BCUT2D eigenvalue weighted by Crippen LogP contribution is 2.39. The molecule has 14 N–H and O–H groups in total. The Kier molecular flexibility index (Phi) is 44.9. The predicted octanol–water partition coefficient (Wildman–Crippen LogP) is 9.73. The average molecular weight is 1340 g/mol. The number of nitrogens with one attached hydrogen (secondary N) is 2. The number of unbranched alkanes of at least 4 members (excludes halogenated alkanes) is 29. The fourth-order valence-corrected chi connectivity index (χ4v) is 13.5. The smallest absolute Gasteiger partial charge is 0.394 e. The van der Waals surface area contributed by atoms with Crippen molar-refractivity contribution in [2.75, 3.05) is 26.4 Å². The molecule has 0 bridgehead atoms. The Hall–Kier alpha value is -1.14. The summed E-state index contributed by atoms with van der Waals surface area (Å²) in [5, 5.41) is 132. The number of ether oxygens (including phenoxy) is 4. The molecule has 10 unspecified atom stereocenters. The standard InChI is InChI=1S/C68H128F6N2O16/c1-3-5-7-9-11-13-15-17-19-24-28-32-36-51(79)56(81)49(45-89-65-62(87)60(85)58(83)53(43-77)91-65)75-55(67(69,70)71)38-34-30-26-22-21-23-27-31-35-47-39-41-48(42-40-47)64(68(72,73)74)76-50(46-90-66-63(88)61(86)59(84)54(44-78)92-66)57(82)52(80)37-33-29-25-20-18-16-14-12-10-8-6-4-2/h47-66,75-88H,3-46H2,1-2H3/t47?,48?,49-,50+,51+,52-,53?,54?,55-,56-,57+,58?,59?,60?,61?,62?,63?,64+,65?,66?/m0/s1. The summed E-state index contributed by atoms with van der Waals surface area (Å²) in [5.41, 5.74) is 0. The maximum atomic E-state index is 15.1. The van der Waals surface area contributed by atoms with Crippen LogP contribution < -0.4 is 10.6 Å². The fraction of sp³-hybridized carbons (Fsp3) is 1.00. The van der Waals surface area contributed by atoms with E-state index in [0.717, 1.165) is 103 Å². The number of halogens is 6. The van der Waals surface area contributed by atoms with Gasteiger partial charge in [0, 0.05) is 0 Å². The van der Waals surface area contributed by atoms with Crippen molar-refractivity contribution in [3.05, 3.63) is 0 Å². The number of hydrogen-bond donors (Lipinski definition) is 14. The largest absolute Gasteiger partial charge is 0.404 e. The van der Waals surface area contributed by atoms with E-state index in [1.807, 2.05) is 0 Å². The Morgan fingerprint density at radius 2 is 0.728 bits per heavy atom. The molecule has 0 aromatic carbocycles. The molecule has 18 atom stereocenters. The lowest BCUT2D eigenvalue weighted by molar-refractivity contribution is -0.303. The lowest BCUT2D eigenvalue weighted by Crippen LogP contribution is -2.61. The van der Waals surface area contributed by atoms with E-state index in [0.29, 0.717) is 38.5 Å². The minimum Gasteiger partial charge on any atom is -0.394 e. The zero-order chi connectivity index (χ0) is 67.9. The Morgan fingerprint density at radius 3 is 1.07 bits per heavy atom. The summed E-state index contributed by atoms with van der Waals surface area (Å²) in [4.78, 5) is 0. The third-order valence-corrected chi connectivity index (χ3v) is 19.7. The van der Waals surface area contributed by atoms with Gasteiger partial charge in [0.05, 0.1) is 62.9 Å². The number of alkyl halides is 6. The molecule has 2 aliphatic heterocycles. The molecule has 24 heteroatoms. The third kappa shape index (κ3) is 33.1. The number of aliphatic hydroxyl groups is 12. The van der Waals surface area contributed by atoms with Crippen LogP contribution in [-0.4, -0.2) is 210 Å². The summed E-state index contributed by atoms with van der Waals surface area (Å²) in [6, 6.07) is -7.16. The summed E-state index contributed by atoms with van der Waals surface area (Å²) in [7, 11) is 0. The van der Waals surface area contributed by atoms with E-state index in [9.17, 15) is 74.4 Å². The van der Waals surface area contributed by atoms with Gasteiger partial charge in [-0.2, -0.15) is 26.3 Å². The molecule has 548 valence electrons. The van der Waals surface area contributed by atoms with Gasteiger partial charge in [-0.1, -0.05) is 239 Å². The SMILES string of the molecule is CCCCCCCCCCCCCC[C@@H](O)[C@@H](O)[C@H](COC1OC(CO)C(O)C(O)C1O)N[C@@H](CCCCCCCCCCC1CCC([C@@H](N[C@H](COC2OC(CO)C(O)C(O)C2O)[C@@H](O)[C@@H](O)CCCCCCCCCCCCCC)C(F)(F)F)CC1)C(F)(F)F. The van der Waals surface area contributed by atoms with Crippen molar-refractivity contribution in [2.24, 2.45) is 11.8 Å². The van der Waals surface area contributed by atoms with E-state index >= 15 is 13.2 Å². The van der Waals surface area contributed by atoms with E-state index < -0.39 is 155 Å². The lowest BCUT2D eigenvalue weighted by Gasteiger charge is -2.41. The van der Waals surface area contributed by atoms with Crippen LogP contribution in [0.4, 0.5) is 26.3 Å². The first-order valence-corrected chi connectivity index (χ1v) is 36.2. The van der Waals surface area contributed by atoms with Crippen LogP contribution in [0.2, 0.25) is 0 Å². The van der Waals surface area contributed by atoms with E-state index in [1.165, 1.54) is 77.0 Å². The van der Waals surface area contributed by atoms with Gasteiger partial charge in [0.1, 0.15) is 60.9 Å². The molecule has 3 rings (SSSR count). The summed E-state index contributed by atoms with van der Waals surface area (Å²) in [6.45, 7) is 1.52. The Balaban J connectivity index is 1.47. The van der Waals surface area contributed by atoms with Crippen molar-refractivity contribution in [3.8, 4) is 0 Å². The molecule has 0 radical (unpaired) electrons. The third-order valence-electron chi connectivity index (χ3n) is 19.7. The van der Waals surface area contributed by atoms with Crippen LogP contribution in [0.1, 0.15) is 271 Å². The molecule has 92 heavy (non-hydrogen) atoms. The van der Waals surface area contributed by atoms with Crippen LogP contribution in [-0.2, 0) is 18.9 Å². The predicted molar refractivity (Wildman–Crippen MR) is 340 cm³/mol. The summed E-state index contributed by atoms with van der Waals surface area (Å²) < 4.78 is 111. The summed E-state index contributed by atoms with van der Waals surface area (Å²) in [6.07, 6.45) is 1.39. The molecule has 3 aliphatic rings. The highest BCUT2D eigenvalue weighted by molar-refractivity contribution is 4.95. The van der Waals surface area contributed by atoms with Gasteiger partial charge in [0.15, 0.2) is 12.6 Å². The average Bonchev–Trinajstić information content (AvgIpc) is 0.948. The molecule has 0 aromatic rings. The topological polar surface area (TPSA) is 304 Å². The summed E-state index contributed by atoms with van der Waals surface area (Å²) >= 11 is 0. The van der Waals surface area contributed by atoms with Crippen LogP contribution >= 0.6 is 0 Å². The van der Waals surface area contributed by atoms with Gasteiger partial charge >= 0.3 is 12.4 Å². The first-order valence-electron chi connectivity index (χ1n) is 36.2. The molecule has 1 saturated carbocycles. The Bertz CT molecular complexity index is 1760. The van der Waals surface area contributed by atoms with Crippen molar-refractivity contribution in [2.45, 2.75) is 393 Å². The summed E-state index contributed by atoms with van der Waals surface area (Å²) in [5.74, 6) is -0.659. The minimum atomic E-state index is -4.75. The molecular weight excluding hydrogens is 1210 g/mol. The van der Waals surface area contributed by atoms with Crippen molar-refractivity contribution in [3.63, 3.8) is 0 Å². The van der Waals surface area contributed by atoms with Crippen LogP contribution in [0, 0.1) is 11.8 Å². The van der Waals surface area contributed by atoms with E-state index in [1.54, 1.807) is 0 Å². The van der Waals surface area contributed by atoms with Gasteiger partial charge in [-0.05, 0) is 43.9 Å².